The quantitative estimate of drug-likeness (QED) is 0.860. The number of hydrogen-bond acceptors (Lipinski definition) is 3. The number of nitrogens with zero attached hydrogens (tertiary/aromatic N) is 2. The minimum atomic E-state index is -4.24. The van der Waals surface area contributed by atoms with Gasteiger partial charge in [0.05, 0.1) is 5.92 Å². The van der Waals surface area contributed by atoms with E-state index in [9.17, 15) is 13.2 Å². The van der Waals surface area contributed by atoms with E-state index in [0.29, 0.717) is 6.54 Å². The molecule has 6 heteroatoms. The Hall–Kier alpha value is -1.14. The topological polar surface area (TPSA) is 42.2 Å². The number of hydrogen-bond donors (Lipinski definition) is 1. The molecule has 0 aliphatic heterocycles. The van der Waals surface area contributed by atoms with Crippen molar-refractivity contribution in [2.75, 3.05) is 20.1 Å². The molecule has 17 heavy (non-hydrogen) atoms. The van der Waals surface area contributed by atoms with Crippen LogP contribution in [0.15, 0.2) is 24.5 Å². The van der Waals surface area contributed by atoms with E-state index in [1.165, 1.54) is 0 Å². The minimum Gasteiger partial charge on any atom is -0.330 e. The molecule has 96 valence electrons. The minimum absolute atomic E-state index is 0.102. The Bertz CT molecular complexity index is 326. The number of rotatable bonds is 5. The lowest BCUT2D eigenvalue weighted by Crippen LogP contribution is -2.39. The lowest BCUT2D eigenvalue weighted by atomic mass is 10.1. The Morgan fingerprint density at radius 3 is 2.65 bits per heavy atom. The van der Waals surface area contributed by atoms with Crippen molar-refractivity contribution in [2.24, 2.45) is 11.7 Å². The second kappa shape index (κ2) is 5.97. The van der Waals surface area contributed by atoms with Crippen LogP contribution in [-0.4, -0.2) is 36.2 Å². The van der Waals surface area contributed by atoms with Crippen LogP contribution in [0.2, 0.25) is 0 Å². The van der Waals surface area contributed by atoms with Crippen molar-refractivity contribution in [1.29, 1.82) is 0 Å². The van der Waals surface area contributed by atoms with E-state index in [1.807, 2.05) is 6.07 Å². The number of aromatic nitrogens is 1. The lowest BCUT2D eigenvalue weighted by Gasteiger charge is -2.24. The highest BCUT2D eigenvalue weighted by Gasteiger charge is 2.38. The summed E-state index contributed by atoms with van der Waals surface area (Å²) in [6.45, 7) is -0.0593. The van der Waals surface area contributed by atoms with Crippen molar-refractivity contribution in [2.45, 2.75) is 12.7 Å². The van der Waals surface area contributed by atoms with Crippen molar-refractivity contribution in [1.82, 2.24) is 9.88 Å². The van der Waals surface area contributed by atoms with Crippen LogP contribution < -0.4 is 5.73 Å². The average molecular weight is 247 g/mol. The van der Waals surface area contributed by atoms with Gasteiger partial charge in [0.25, 0.3) is 0 Å². The molecule has 1 aromatic rings. The van der Waals surface area contributed by atoms with Crippen molar-refractivity contribution in [3.8, 4) is 0 Å². The van der Waals surface area contributed by atoms with Crippen LogP contribution in [0.3, 0.4) is 0 Å². The van der Waals surface area contributed by atoms with Crippen LogP contribution in [-0.2, 0) is 6.54 Å². The summed E-state index contributed by atoms with van der Waals surface area (Å²) in [6, 6.07) is 3.59. The van der Waals surface area contributed by atoms with Crippen LogP contribution in [0, 0.1) is 5.92 Å². The Balaban J connectivity index is 2.51. The first kappa shape index (κ1) is 13.9. The summed E-state index contributed by atoms with van der Waals surface area (Å²) in [7, 11) is 1.64. The molecule has 1 heterocycles. The van der Waals surface area contributed by atoms with E-state index in [1.54, 1.807) is 30.4 Å². The Morgan fingerprint density at radius 1 is 1.47 bits per heavy atom. The smallest absolute Gasteiger partial charge is 0.330 e. The maximum Gasteiger partial charge on any atom is 0.394 e. The molecule has 0 saturated heterocycles. The first-order chi connectivity index (χ1) is 7.93. The highest BCUT2D eigenvalue weighted by atomic mass is 19.4. The standard InChI is InChI=1S/C11H16F3N3/c1-17(7-9-3-2-4-16-6-9)8-10(5-15)11(12,13)14/h2-4,6,10H,5,7-8,15H2,1H3. The van der Waals surface area contributed by atoms with E-state index in [4.69, 9.17) is 5.73 Å². The number of nitrogens with two attached hydrogens (primary N) is 1. The normalized spacial score (nSPS) is 14.0. The summed E-state index contributed by atoms with van der Waals surface area (Å²) in [4.78, 5) is 5.51. The summed E-state index contributed by atoms with van der Waals surface area (Å²) < 4.78 is 37.5. The fourth-order valence-electron chi connectivity index (χ4n) is 1.56. The third kappa shape index (κ3) is 4.70. The third-order valence-electron chi connectivity index (χ3n) is 2.45. The van der Waals surface area contributed by atoms with Gasteiger partial charge in [-0.05, 0) is 18.7 Å². The SMILES string of the molecule is CN(Cc1cccnc1)CC(CN)C(F)(F)F. The molecule has 0 aliphatic carbocycles. The van der Waals surface area contributed by atoms with Gasteiger partial charge in [-0.2, -0.15) is 13.2 Å². The maximum absolute atomic E-state index is 12.5. The molecule has 0 amide bonds. The zero-order valence-electron chi connectivity index (χ0n) is 9.61. The predicted molar refractivity (Wildman–Crippen MR) is 59.2 cm³/mol. The number of alkyl halides is 3. The van der Waals surface area contributed by atoms with Gasteiger partial charge in [-0.15, -0.1) is 0 Å². The Kier molecular flexibility index (Phi) is 4.89. The number of halogens is 3. The second-order valence-electron chi connectivity index (χ2n) is 4.03. The van der Waals surface area contributed by atoms with Gasteiger partial charge in [-0.3, -0.25) is 4.98 Å². The molecule has 0 fully saturated rings. The Labute approximate surface area is 98.4 Å². The average Bonchev–Trinajstić information content (AvgIpc) is 2.25. The zero-order chi connectivity index (χ0) is 12.9. The fourth-order valence-corrected chi connectivity index (χ4v) is 1.56. The van der Waals surface area contributed by atoms with E-state index >= 15 is 0 Å². The van der Waals surface area contributed by atoms with Gasteiger partial charge in [0.2, 0.25) is 0 Å². The second-order valence-corrected chi connectivity index (χ2v) is 4.03. The van der Waals surface area contributed by atoms with Gasteiger partial charge in [0.15, 0.2) is 0 Å². The summed E-state index contributed by atoms with van der Waals surface area (Å²) in [6.07, 6.45) is -0.971. The summed E-state index contributed by atoms with van der Waals surface area (Å²) >= 11 is 0. The maximum atomic E-state index is 12.5. The lowest BCUT2D eigenvalue weighted by molar-refractivity contribution is -0.175. The molecule has 3 nitrogen and oxygen atoms in total. The van der Waals surface area contributed by atoms with Gasteiger partial charge in [-0.1, -0.05) is 6.07 Å². The molecule has 1 unspecified atom stereocenters. The van der Waals surface area contributed by atoms with Crippen LogP contribution in [0.25, 0.3) is 0 Å². The van der Waals surface area contributed by atoms with Gasteiger partial charge in [0.1, 0.15) is 0 Å². The molecule has 0 spiro atoms. The van der Waals surface area contributed by atoms with Crippen molar-refractivity contribution < 1.29 is 13.2 Å². The third-order valence-corrected chi connectivity index (χ3v) is 2.45. The van der Waals surface area contributed by atoms with Crippen molar-refractivity contribution in [3.05, 3.63) is 30.1 Å². The first-order valence-electron chi connectivity index (χ1n) is 5.27. The number of pyridine rings is 1. The molecule has 1 rings (SSSR count). The fraction of sp³-hybridized carbons (Fsp3) is 0.545. The highest BCUT2D eigenvalue weighted by molar-refractivity contribution is 5.07. The molecule has 0 bridgehead atoms. The largest absolute Gasteiger partial charge is 0.394 e. The van der Waals surface area contributed by atoms with Crippen molar-refractivity contribution in [3.63, 3.8) is 0 Å². The van der Waals surface area contributed by atoms with E-state index in [2.05, 4.69) is 4.98 Å². The van der Waals surface area contributed by atoms with E-state index in [-0.39, 0.29) is 13.1 Å². The van der Waals surface area contributed by atoms with Crippen molar-refractivity contribution >= 4 is 0 Å². The van der Waals surface area contributed by atoms with Gasteiger partial charge < -0.3 is 10.6 Å². The molecule has 0 aromatic carbocycles. The van der Waals surface area contributed by atoms with Gasteiger partial charge >= 0.3 is 6.18 Å². The molecule has 0 radical (unpaired) electrons. The molecule has 1 aromatic heterocycles. The Morgan fingerprint density at radius 2 is 2.18 bits per heavy atom. The van der Waals surface area contributed by atoms with E-state index < -0.39 is 12.1 Å². The van der Waals surface area contributed by atoms with E-state index in [0.717, 1.165) is 5.56 Å². The monoisotopic (exact) mass is 247 g/mol. The van der Waals surface area contributed by atoms with Crippen LogP contribution in [0.4, 0.5) is 13.2 Å². The summed E-state index contributed by atoms with van der Waals surface area (Å²) in [5, 5.41) is 0. The van der Waals surface area contributed by atoms with Crippen LogP contribution in [0.5, 0.6) is 0 Å². The molecule has 1 atom stereocenters. The van der Waals surface area contributed by atoms with Crippen LogP contribution in [0.1, 0.15) is 5.56 Å². The summed E-state index contributed by atoms with van der Waals surface area (Å²) in [5.41, 5.74) is 6.02. The van der Waals surface area contributed by atoms with Gasteiger partial charge in [-0.25, -0.2) is 0 Å². The molecule has 0 aliphatic rings. The molecular weight excluding hydrogens is 231 g/mol. The first-order valence-corrected chi connectivity index (χ1v) is 5.27. The zero-order valence-corrected chi connectivity index (χ0v) is 9.61. The van der Waals surface area contributed by atoms with Gasteiger partial charge in [0, 0.05) is 32.0 Å². The van der Waals surface area contributed by atoms with Crippen LogP contribution >= 0.6 is 0 Å². The molecule has 0 saturated carbocycles. The summed E-state index contributed by atoms with van der Waals surface area (Å²) in [5.74, 6) is -1.48. The highest BCUT2D eigenvalue weighted by Crippen LogP contribution is 2.26. The predicted octanol–water partition coefficient (Wildman–Crippen LogP) is 1.65. The molecular formula is C11H16F3N3. The molecule has 2 N–H and O–H groups in total.